The molecule has 2 heterocycles. The minimum Gasteiger partial charge on any atom is -0.409 e. The summed E-state index contributed by atoms with van der Waals surface area (Å²) < 4.78 is 8.56. The Morgan fingerprint density at radius 1 is 1.15 bits per heavy atom. The van der Waals surface area contributed by atoms with Crippen LogP contribution in [0.4, 0.5) is 0 Å². The third kappa shape index (κ3) is 4.37. The molecule has 0 aliphatic heterocycles. The summed E-state index contributed by atoms with van der Waals surface area (Å²) in [6, 6.07) is 7.49. The average Bonchev–Trinajstić information content (AvgIpc) is 2.93. The van der Waals surface area contributed by atoms with E-state index in [4.69, 9.17) is 32.6 Å². The molecule has 0 aliphatic rings. The van der Waals surface area contributed by atoms with Crippen LogP contribution in [0.2, 0.25) is 28.2 Å². The Hall–Kier alpha value is -1.40. The largest absolute Gasteiger partial charge is 0.409 e. The quantitative estimate of drug-likeness (QED) is 0.453. The molecule has 27 heavy (non-hydrogen) atoms. The summed E-state index contributed by atoms with van der Waals surface area (Å²) in [5.41, 5.74) is 2.81. The first kappa shape index (κ1) is 20.3. The molecule has 144 valence electrons. The van der Waals surface area contributed by atoms with E-state index in [0.29, 0.717) is 23.2 Å². The lowest BCUT2D eigenvalue weighted by molar-refractivity contribution is 0.263. The predicted octanol–water partition coefficient (Wildman–Crippen LogP) is 6.31. The Morgan fingerprint density at radius 3 is 2.59 bits per heavy atom. The highest BCUT2D eigenvalue weighted by Crippen LogP contribution is 2.37. The van der Waals surface area contributed by atoms with Crippen LogP contribution < -0.4 is 0 Å². The Balaban J connectivity index is 1.98. The van der Waals surface area contributed by atoms with Crippen LogP contribution in [-0.4, -0.2) is 22.9 Å². The number of benzene rings is 1. The molecular weight excluding hydrogens is 397 g/mol. The minimum absolute atomic E-state index is 0.141. The van der Waals surface area contributed by atoms with Crippen molar-refractivity contribution in [2.24, 2.45) is 0 Å². The molecule has 0 N–H and O–H groups in total. The summed E-state index contributed by atoms with van der Waals surface area (Å²) in [6.07, 6.45) is 3.56. The molecule has 0 radical (unpaired) electrons. The fourth-order valence-electron chi connectivity index (χ4n) is 2.61. The summed E-state index contributed by atoms with van der Waals surface area (Å²) in [5, 5.41) is 1.49. The van der Waals surface area contributed by atoms with Crippen LogP contribution in [0.3, 0.4) is 0 Å². The molecule has 7 heteroatoms. The minimum atomic E-state index is -1.89. The zero-order valence-corrected chi connectivity index (χ0v) is 18.9. The van der Waals surface area contributed by atoms with E-state index in [9.17, 15) is 0 Å². The van der Waals surface area contributed by atoms with E-state index in [0.717, 1.165) is 22.4 Å². The molecule has 0 saturated carbocycles. The third-order valence-electron chi connectivity index (χ3n) is 5.33. The zero-order chi connectivity index (χ0) is 19.8. The van der Waals surface area contributed by atoms with Gasteiger partial charge in [0.05, 0.1) is 24.9 Å². The molecule has 0 unspecified atom stereocenters. The van der Waals surface area contributed by atoms with Crippen LogP contribution >= 0.6 is 23.2 Å². The van der Waals surface area contributed by atoms with Crippen LogP contribution in [0.15, 0.2) is 36.7 Å². The third-order valence-corrected chi connectivity index (χ3v) is 10.4. The van der Waals surface area contributed by atoms with Crippen LogP contribution in [0.1, 0.15) is 32.2 Å². The van der Waals surface area contributed by atoms with Gasteiger partial charge in [0.2, 0.25) is 0 Å². The van der Waals surface area contributed by atoms with Gasteiger partial charge in [-0.05, 0) is 48.0 Å². The molecule has 0 amide bonds. The SMILES string of the molecule is CC(C)(C)[Si](C)(C)OCc1nc2cnccc2n1Cc1cc(Cl)ccc1Cl. The van der Waals surface area contributed by atoms with E-state index < -0.39 is 8.32 Å². The van der Waals surface area contributed by atoms with Crippen molar-refractivity contribution in [1.82, 2.24) is 14.5 Å². The van der Waals surface area contributed by atoms with Gasteiger partial charge in [-0.3, -0.25) is 4.98 Å². The van der Waals surface area contributed by atoms with E-state index in [1.54, 1.807) is 18.5 Å². The van der Waals surface area contributed by atoms with Gasteiger partial charge in [-0.15, -0.1) is 0 Å². The lowest BCUT2D eigenvalue weighted by Crippen LogP contribution is -2.40. The second-order valence-electron chi connectivity index (χ2n) is 8.26. The monoisotopic (exact) mass is 421 g/mol. The lowest BCUT2D eigenvalue weighted by atomic mass is 10.2. The van der Waals surface area contributed by atoms with Crippen molar-refractivity contribution in [2.75, 3.05) is 0 Å². The standard InChI is InChI=1S/C20H25Cl2N3OSi/c1-20(2,3)27(4,5)26-13-19-24-17-11-23-9-8-18(17)25(19)12-14-10-15(21)6-7-16(14)22/h6-11H,12-13H2,1-5H3. The number of pyridine rings is 1. The second-order valence-corrected chi connectivity index (χ2v) is 13.9. The predicted molar refractivity (Wildman–Crippen MR) is 115 cm³/mol. The number of imidazole rings is 1. The first-order chi connectivity index (χ1) is 12.6. The summed E-state index contributed by atoms with van der Waals surface area (Å²) in [4.78, 5) is 8.97. The van der Waals surface area contributed by atoms with Crippen LogP contribution in [0.25, 0.3) is 11.0 Å². The van der Waals surface area contributed by atoms with Crippen LogP contribution in [0, 0.1) is 0 Å². The van der Waals surface area contributed by atoms with Gasteiger partial charge in [0.25, 0.3) is 0 Å². The summed E-state index contributed by atoms with van der Waals surface area (Å²) in [5.74, 6) is 0.874. The molecule has 0 fully saturated rings. The number of rotatable bonds is 5. The number of fused-ring (bicyclic) bond motifs is 1. The van der Waals surface area contributed by atoms with E-state index in [-0.39, 0.29) is 5.04 Å². The molecule has 0 saturated heterocycles. The van der Waals surface area contributed by atoms with Crippen molar-refractivity contribution in [3.05, 3.63) is 58.1 Å². The van der Waals surface area contributed by atoms with E-state index in [1.807, 2.05) is 18.2 Å². The van der Waals surface area contributed by atoms with Crippen molar-refractivity contribution in [2.45, 2.75) is 52.1 Å². The van der Waals surface area contributed by atoms with Crippen molar-refractivity contribution in [3.63, 3.8) is 0 Å². The first-order valence-electron chi connectivity index (χ1n) is 8.95. The maximum Gasteiger partial charge on any atom is 0.192 e. The summed E-state index contributed by atoms with van der Waals surface area (Å²) in [6.45, 7) is 12.2. The number of nitrogens with zero attached hydrogens (tertiary/aromatic N) is 3. The van der Waals surface area contributed by atoms with Crippen LogP contribution in [0.5, 0.6) is 0 Å². The fourth-order valence-corrected chi connectivity index (χ4v) is 3.91. The summed E-state index contributed by atoms with van der Waals surface area (Å²) in [7, 11) is -1.89. The molecule has 3 rings (SSSR count). The van der Waals surface area contributed by atoms with E-state index in [1.165, 1.54) is 0 Å². The lowest BCUT2D eigenvalue weighted by Gasteiger charge is -2.36. The van der Waals surface area contributed by atoms with Gasteiger partial charge in [0, 0.05) is 16.2 Å². The maximum absolute atomic E-state index is 6.42. The van der Waals surface area contributed by atoms with Crippen molar-refractivity contribution >= 4 is 42.6 Å². The Kier molecular flexibility index (Phi) is 5.68. The van der Waals surface area contributed by atoms with E-state index >= 15 is 0 Å². The van der Waals surface area contributed by atoms with Gasteiger partial charge in [0.1, 0.15) is 11.3 Å². The first-order valence-corrected chi connectivity index (χ1v) is 12.6. The van der Waals surface area contributed by atoms with Gasteiger partial charge in [-0.1, -0.05) is 44.0 Å². The van der Waals surface area contributed by atoms with Crippen molar-refractivity contribution in [1.29, 1.82) is 0 Å². The van der Waals surface area contributed by atoms with Crippen molar-refractivity contribution < 1.29 is 4.43 Å². The van der Waals surface area contributed by atoms with Crippen LogP contribution in [-0.2, 0) is 17.6 Å². The van der Waals surface area contributed by atoms with Gasteiger partial charge < -0.3 is 8.99 Å². The smallest absolute Gasteiger partial charge is 0.192 e. The highest BCUT2D eigenvalue weighted by molar-refractivity contribution is 6.74. The van der Waals surface area contributed by atoms with Gasteiger partial charge >= 0.3 is 0 Å². The molecule has 0 spiro atoms. The second kappa shape index (κ2) is 7.55. The average molecular weight is 422 g/mol. The molecule has 4 nitrogen and oxygen atoms in total. The Bertz CT molecular complexity index is 964. The highest BCUT2D eigenvalue weighted by atomic mass is 35.5. The Labute approximate surface area is 171 Å². The number of aromatic nitrogens is 3. The molecular formula is C20H25Cl2N3OSi. The van der Waals surface area contributed by atoms with Gasteiger partial charge in [-0.25, -0.2) is 4.98 Å². The molecule has 1 aromatic carbocycles. The number of hydrogen-bond donors (Lipinski definition) is 0. The Morgan fingerprint density at radius 2 is 1.89 bits per heavy atom. The zero-order valence-electron chi connectivity index (χ0n) is 16.4. The van der Waals surface area contributed by atoms with Gasteiger partial charge in [-0.2, -0.15) is 0 Å². The topological polar surface area (TPSA) is 39.9 Å². The van der Waals surface area contributed by atoms with Crippen molar-refractivity contribution in [3.8, 4) is 0 Å². The number of halogens is 2. The van der Waals surface area contributed by atoms with E-state index in [2.05, 4.69) is 43.4 Å². The fraction of sp³-hybridized carbons (Fsp3) is 0.400. The maximum atomic E-state index is 6.42. The highest BCUT2D eigenvalue weighted by Gasteiger charge is 2.37. The summed E-state index contributed by atoms with van der Waals surface area (Å²) >= 11 is 12.6. The molecule has 3 aromatic rings. The molecule has 2 aromatic heterocycles. The molecule has 0 bridgehead atoms. The number of hydrogen-bond acceptors (Lipinski definition) is 3. The molecule has 0 atom stereocenters. The normalized spacial score (nSPS) is 12.7. The van der Waals surface area contributed by atoms with Gasteiger partial charge in [0.15, 0.2) is 8.32 Å². The molecule has 0 aliphatic carbocycles.